The normalized spacial score (nSPS) is 16.9. The van der Waals surface area contributed by atoms with Crippen LogP contribution in [-0.2, 0) is 5.54 Å². The lowest BCUT2D eigenvalue weighted by Gasteiger charge is -2.41. The average molecular weight is 385 g/mol. The van der Waals surface area contributed by atoms with Gasteiger partial charge in [0, 0.05) is 5.69 Å². The lowest BCUT2D eigenvalue weighted by atomic mass is 9.82. The first kappa shape index (κ1) is 17.9. The summed E-state index contributed by atoms with van der Waals surface area (Å²) in [7, 11) is 0. The van der Waals surface area contributed by atoms with Crippen molar-refractivity contribution in [3.8, 4) is 11.1 Å². The van der Waals surface area contributed by atoms with Gasteiger partial charge < -0.3 is 9.47 Å². The number of benzene rings is 3. The molecule has 3 nitrogen and oxygen atoms in total. The van der Waals surface area contributed by atoms with Crippen molar-refractivity contribution in [1.82, 2.24) is 9.55 Å². The molecule has 1 aliphatic rings. The van der Waals surface area contributed by atoms with E-state index in [0.717, 1.165) is 22.7 Å². The first-order valence-electron chi connectivity index (χ1n) is 9.95. The summed E-state index contributed by atoms with van der Waals surface area (Å²) >= 11 is 0. The monoisotopic (exact) mass is 385 g/mol. The molecule has 0 saturated carbocycles. The van der Waals surface area contributed by atoms with Crippen LogP contribution in [0.25, 0.3) is 22.2 Å². The molecule has 0 amide bonds. The molecule has 5 rings (SSSR count). The van der Waals surface area contributed by atoms with E-state index >= 15 is 0 Å². The van der Waals surface area contributed by atoms with Crippen LogP contribution in [0.1, 0.15) is 27.7 Å². The molecule has 0 radical (unpaired) electrons. The topological polar surface area (TPSA) is 21.1 Å². The third-order valence-electron chi connectivity index (χ3n) is 6.64. The third kappa shape index (κ3) is 2.45. The van der Waals surface area contributed by atoms with E-state index in [1.165, 1.54) is 23.3 Å². The van der Waals surface area contributed by atoms with Gasteiger partial charge in [-0.2, -0.15) is 0 Å². The minimum absolute atomic E-state index is 0.221. The zero-order valence-corrected chi connectivity index (χ0v) is 17.1. The van der Waals surface area contributed by atoms with Gasteiger partial charge in [0.05, 0.1) is 22.1 Å². The van der Waals surface area contributed by atoms with E-state index < -0.39 is 0 Å². The van der Waals surface area contributed by atoms with Crippen LogP contribution in [0.3, 0.4) is 0 Å². The van der Waals surface area contributed by atoms with Crippen molar-refractivity contribution < 1.29 is 4.39 Å². The minimum Gasteiger partial charge on any atom is -0.304 e. The van der Waals surface area contributed by atoms with Gasteiger partial charge in [-0.05, 0) is 75.2 Å². The van der Waals surface area contributed by atoms with E-state index in [1.807, 2.05) is 18.2 Å². The SMILES string of the molecule is CC1(C)N(c2ccc(F)cc2)c2nc3ccc(-c4ccccc4)cc3n2C1(C)C. The first-order chi connectivity index (χ1) is 13.8. The Morgan fingerprint density at radius 1 is 0.759 bits per heavy atom. The molecule has 0 saturated heterocycles. The van der Waals surface area contributed by atoms with Gasteiger partial charge in [-0.25, -0.2) is 9.37 Å². The summed E-state index contributed by atoms with van der Waals surface area (Å²) in [6.07, 6.45) is 0. The molecule has 0 N–H and O–H groups in total. The number of imidazole rings is 1. The molecule has 146 valence electrons. The lowest BCUT2D eigenvalue weighted by molar-refractivity contribution is 0.253. The summed E-state index contributed by atoms with van der Waals surface area (Å²) < 4.78 is 15.9. The van der Waals surface area contributed by atoms with Crippen LogP contribution in [0.4, 0.5) is 16.0 Å². The van der Waals surface area contributed by atoms with E-state index in [-0.39, 0.29) is 16.9 Å². The zero-order valence-electron chi connectivity index (χ0n) is 17.1. The molecule has 4 heteroatoms. The largest absolute Gasteiger partial charge is 0.304 e. The van der Waals surface area contributed by atoms with Crippen LogP contribution >= 0.6 is 0 Å². The fraction of sp³-hybridized carbons (Fsp3) is 0.240. The molecule has 0 atom stereocenters. The Balaban J connectivity index is 1.75. The standard InChI is InChI=1S/C25H24FN3/c1-24(2)25(3,4)29-22-16-18(17-8-6-5-7-9-17)10-15-21(22)27-23(29)28(24)20-13-11-19(26)12-14-20/h5-16H,1-4H3. The van der Waals surface area contributed by atoms with Crippen molar-refractivity contribution in [3.05, 3.63) is 78.6 Å². The lowest BCUT2D eigenvalue weighted by Crippen LogP contribution is -2.50. The van der Waals surface area contributed by atoms with Gasteiger partial charge in [-0.3, -0.25) is 0 Å². The van der Waals surface area contributed by atoms with Crippen molar-refractivity contribution in [2.45, 2.75) is 38.8 Å². The maximum absolute atomic E-state index is 13.5. The van der Waals surface area contributed by atoms with Gasteiger partial charge in [-0.1, -0.05) is 36.4 Å². The van der Waals surface area contributed by atoms with Crippen LogP contribution in [0.5, 0.6) is 0 Å². The Hall–Kier alpha value is -3.14. The molecular formula is C25H24FN3. The number of anilines is 2. The minimum atomic E-state index is -0.246. The molecule has 3 aromatic carbocycles. The van der Waals surface area contributed by atoms with Gasteiger partial charge >= 0.3 is 0 Å². The molecule has 4 aromatic rings. The van der Waals surface area contributed by atoms with Gasteiger partial charge in [0.1, 0.15) is 5.82 Å². The van der Waals surface area contributed by atoms with Gasteiger partial charge in [0.2, 0.25) is 5.95 Å². The zero-order chi connectivity index (χ0) is 20.4. The number of fused-ring (bicyclic) bond motifs is 3. The summed E-state index contributed by atoms with van der Waals surface area (Å²) in [6.45, 7) is 8.93. The molecule has 29 heavy (non-hydrogen) atoms. The van der Waals surface area contributed by atoms with Crippen molar-refractivity contribution in [2.75, 3.05) is 4.90 Å². The number of hydrogen-bond donors (Lipinski definition) is 0. The summed E-state index contributed by atoms with van der Waals surface area (Å²) in [5.74, 6) is 0.665. The summed E-state index contributed by atoms with van der Waals surface area (Å²) in [5, 5.41) is 0. The molecule has 1 aliphatic heterocycles. The maximum Gasteiger partial charge on any atom is 0.212 e. The maximum atomic E-state index is 13.5. The van der Waals surface area contributed by atoms with E-state index in [1.54, 1.807) is 0 Å². The third-order valence-corrected chi connectivity index (χ3v) is 6.64. The number of nitrogens with zero attached hydrogens (tertiary/aromatic N) is 3. The average Bonchev–Trinajstić information content (AvgIpc) is 3.14. The van der Waals surface area contributed by atoms with Crippen molar-refractivity contribution in [1.29, 1.82) is 0 Å². The molecule has 0 fully saturated rings. The fourth-order valence-electron chi connectivity index (χ4n) is 4.40. The van der Waals surface area contributed by atoms with Crippen LogP contribution in [0, 0.1) is 5.82 Å². The van der Waals surface area contributed by atoms with Crippen LogP contribution in [-0.4, -0.2) is 15.1 Å². The number of halogens is 1. The molecular weight excluding hydrogens is 361 g/mol. The number of rotatable bonds is 2. The molecule has 0 unspecified atom stereocenters. The van der Waals surface area contributed by atoms with E-state index in [4.69, 9.17) is 4.98 Å². The number of hydrogen-bond acceptors (Lipinski definition) is 2. The highest BCUT2D eigenvalue weighted by atomic mass is 19.1. The molecule has 0 bridgehead atoms. The molecule has 0 aliphatic carbocycles. The predicted molar refractivity (Wildman–Crippen MR) is 117 cm³/mol. The molecule has 0 spiro atoms. The Morgan fingerprint density at radius 2 is 1.45 bits per heavy atom. The second kappa shape index (κ2) is 5.93. The van der Waals surface area contributed by atoms with Gasteiger partial charge in [0.15, 0.2) is 0 Å². The van der Waals surface area contributed by atoms with Gasteiger partial charge in [0.25, 0.3) is 0 Å². The summed E-state index contributed by atoms with van der Waals surface area (Å²) in [4.78, 5) is 7.23. The second-order valence-corrected chi connectivity index (χ2v) is 8.75. The van der Waals surface area contributed by atoms with Crippen molar-refractivity contribution in [2.24, 2.45) is 0 Å². The highest BCUT2D eigenvalue weighted by Crippen LogP contribution is 2.51. The molecule has 1 aromatic heterocycles. The predicted octanol–water partition coefficient (Wildman–Crippen LogP) is 6.51. The number of aromatic nitrogens is 2. The summed E-state index contributed by atoms with van der Waals surface area (Å²) in [5.41, 5.74) is 4.93. The Labute approximate surface area is 170 Å². The van der Waals surface area contributed by atoms with E-state index in [2.05, 4.69) is 79.6 Å². The van der Waals surface area contributed by atoms with E-state index in [0.29, 0.717) is 0 Å². The second-order valence-electron chi connectivity index (χ2n) is 8.75. The first-order valence-corrected chi connectivity index (χ1v) is 9.95. The van der Waals surface area contributed by atoms with Crippen molar-refractivity contribution in [3.63, 3.8) is 0 Å². The highest BCUT2D eigenvalue weighted by Gasteiger charge is 2.53. The van der Waals surface area contributed by atoms with Gasteiger partial charge in [-0.15, -0.1) is 0 Å². The Morgan fingerprint density at radius 3 is 2.14 bits per heavy atom. The smallest absolute Gasteiger partial charge is 0.212 e. The Kier molecular flexibility index (Phi) is 3.66. The fourth-order valence-corrected chi connectivity index (χ4v) is 4.40. The highest BCUT2D eigenvalue weighted by molar-refractivity contribution is 5.87. The van der Waals surface area contributed by atoms with Crippen molar-refractivity contribution >= 4 is 22.7 Å². The van der Waals surface area contributed by atoms with Crippen LogP contribution in [0.15, 0.2) is 72.8 Å². The Bertz CT molecular complexity index is 1200. The quantitative estimate of drug-likeness (QED) is 0.392. The van der Waals surface area contributed by atoms with E-state index in [9.17, 15) is 4.39 Å². The van der Waals surface area contributed by atoms with Crippen LogP contribution < -0.4 is 4.90 Å². The van der Waals surface area contributed by atoms with Crippen LogP contribution in [0.2, 0.25) is 0 Å². The summed E-state index contributed by atoms with van der Waals surface area (Å²) in [6, 6.07) is 23.5. The molecule has 2 heterocycles.